The summed E-state index contributed by atoms with van der Waals surface area (Å²) < 4.78 is 0. The molecule has 1 nitrogen and oxygen atoms in total. The molecule has 0 fully saturated rings. The summed E-state index contributed by atoms with van der Waals surface area (Å²) in [6.07, 6.45) is 3.22. The Hall–Kier alpha value is -1.08. The summed E-state index contributed by atoms with van der Waals surface area (Å²) in [5, 5.41) is 0.508. The van der Waals surface area contributed by atoms with Gasteiger partial charge in [-0.25, -0.2) is 0 Å². The Morgan fingerprint density at radius 2 is 2.15 bits per heavy atom. The van der Waals surface area contributed by atoms with E-state index in [1.165, 1.54) is 6.08 Å². The van der Waals surface area contributed by atoms with E-state index in [2.05, 4.69) is 0 Å². The first-order chi connectivity index (χ1) is 6.15. The van der Waals surface area contributed by atoms with Gasteiger partial charge in [-0.05, 0) is 32.1 Å². The van der Waals surface area contributed by atoms with E-state index in [0.29, 0.717) is 10.6 Å². The number of carbonyl (C=O) groups is 1. The van der Waals surface area contributed by atoms with Crippen LogP contribution in [0.4, 0.5) is 0 Å². The van der Waals surface area contributed by atoms with E-state index in [1.54, 1.807) is 18.2 Å². The molecule has 0 saturated heterocycles. The summed E-state index contributed by atoms with van der Waals surface area (Å²) in [4.78, 5) is 11.4. The van der Waals surface area contributed by atoms with E-state index in [1.807, 2.05) is 19.9 Å². The predicted molar refractivity (Wildman–Crippen MR) is 55.3 cm³/mol. The van der Waals surface area contributed by atoms with E-state index < -0.39 is 0 Å². The Kier molecular flexibility index (Phi) is 3.26. The molecule has 0 heterocycles. The van der Waals surface area contributed by atoms with Crippen molar-refractivity contribution in [2.24, 2.45) is 0 Å². The van der Waals surface area contributed by atoms with Crippen molar-refractivity contribution in [1.29, 1.82) is 0 Å². The Labute approximate surface area is 83.0 Å². The zero-order chi connectivity index (χ0) is 9.84. The Morgan fingerprint density at radius 1 is 1.46 bits per heavy atom. The number of hydrogen-bond acceptors (Lipinski definition) is 1. The molecule has 0 unspecified atom stereocenters. The van der Waals surface area contributed by atoms with Gasteiger partial charge in [0.05, 0.1) is 5.02 Å². The van der Waals surface area contributed by atoms with Crippen LogP contribution < -0.4 is 0 Å². The van der Waals surface area contributed by atoms with E-state index in [-0.39, 0.29) is 5.78 Å². The molecule has 1 rings (SSSR count). The molecule has 2 heteroatoms. The highest BCUT2D eigenvalue weighted by Crippen LogP contribution is 2.18. The molecule has 68 valence electrons. The van der Waals surface area contributed by atoms with Crippen molar-refractivity contribution in [3.05, 3.63) is 46.5 Å². The fourth-order valence-electron chi connectivity index (χ4n) is 1.07. The second-order valence-corrected chi connectivity index (χ2v) is 3.25. The molecular formula is C11H11ClO. The fourth-order valence-corrected chi connectivity index (χ4v) is 1.28. The third-order valence-electron chi connectivity index (χ3n) is 1.71. The molecule has 0 radical (unpaired) electrons. The molecule has 0 spiro atoms. The van der Waals surface area contributed by atoms with Crippen LogP contribution in [0.15, 0.2) is 30.4 Å². The molecule has 0 aliphatic rings. The van der Waals surface area contributed by atoms with Crippen molar-refractivity contribution >= 4 is 17.4 Å². The van der Waals surface area contributed by atoms with Gasteiger partial charge < -0.3 is 0 Å². The monoisotopic (exact) mass is 194 g/mol. The van der Waals surface area contributed by atoms with Crippen LogP contribution >= 0.6 is 11.6 Å². The molecule has 0 aliphatic heterocycles. The van der Waals surface area contributed by atoms with Crippen LogP contribution in [-0.4, -0.2) is 5.78 Å². The van der Waals surface area contributed by atoms with Crippen molar-refractivity contribution < 1.29 is 4.79 Å². The molecule has 1 aromatic carbocycles. The number of ketones is 1. The number of rotatable bonds is 2. The maximum atomic E-state index is 11.4. The van der Waals surface area contributed by atoms with Gasteiger partial charge in [0.2, 0.25) is 0 Å². The number of benzene rings is 1. The summed E-state index contributed by atoms with van der Waals surface area (Å²) in [5.41, 5.74) is 1.61. The average Bonchev–Trinajstić information content (AvgIpc) is 2.09. The van der Waals surface area contributed by atoms with Crippen molar-refractivity contribution in [2.45, 2.75) is 13.8 Å². The predicted octanol–water partition coefficient (Wildman–Crippen LogP) is 3.41. The van der Waals surface area contributed by atoms with Gasteiger partial charge in [-0.2, -0.15) is 0 Å². The van der Waals surface area contributed by atoms with Gasteiger partial charge in [0.1, 0.15) is 0 Å². The third-order valence-corrected chi connectivity index (χ3v) is 2.03. The topological polar surface area (TPSA) is 17.1 Å². The lowest BCUT2D eigenvalue weighted by Crippen LogP contribution is -1.95. The van der Waals surface area contributed by atoms with Gasteiger partial charge in [-0.1, -0.05) is 29.3 Å². The molecule has 0 atom stereocenters. The lowest BCUT2D eigenvalue weighted by atomic mass is 10.1. The molecule has 0 saturated carbocycles. The maximum absolute atomic E-state index is 11.4. The van der Waals surface area contributed by atoms with E-state index in [9.17, 15) is 4.79 Å². The smallest absolute Gasteiger partial charge is 0.187 e. The molecule has 0 aliphatic carbocycles. The molecule has 13 heavy (non-hydrogen) atoms. The van der Waals surface area contributed by atoms with Crippen molar-refractivity contribution in [3.8, 4) is 0 Å². The maximum Gasteiger partial charge on any atom is 0.187 e. The minimum absolute atomic E-state index is 0.0452. The van der Waals surface area contributed by atoms with Gasteiger partial charge >= 0.3 is 0 Å². The number of allylic oxidation sites excluding steroid dienone is 2. The van der Waals surface area contributed by atoms with E-state index >= 15 is 0 Å². The van der Waals surface area contributed by atoms with Gasteiger partial charge in [-0.3, -0.25) is 4.79 Å². The van der Waals surface area contributed by atoms with Crippen LogP contribution in [0, 0.1) is 6.92 Å². The summed E-state index contributed by atoms with van der Waals surface area (Å²) in [6.45, 7) is 3.74. The van der Waals surface area contributed by atoms with Crippen LogP contribution in [0.25, 0.3) is 0 Å². The van der Waals surface area contributed by atoms with Crippen LogP contribution in [0.3, 0.4) is 0 Å². The molecule has 0 amide bonds. The molecule has 0 N–H and O–H groups in total. The van der Waals surface area contributed by atoms with Gasteiger partial charge in [-0.15, -0.1) is 0 Å². The minimum Gasteiger partial charge on any atom is -0.289 e. The van der Waals surface area contributed by atoms with E-state index in [0.717, 1.165) is 5.56 Å². The average molecular weight is 195 g/mol. The second-order valence-electron chi connectivity index (χ2n) is 2.85. The lowest BCUT2D eigenvalue weighted by Gasteiger charge is -2.00. The number of hydrogen-bond donors (Lipinski definition) is 0. The third kappa shape index (κ3) is 2.43. The number of halogens is 1. The quantitative estimate of drug-likeness (QED) is 0.521. The van der Waals surface area contributed by atoms with Crippen LogP contribution in [0.2, 0.25) is 5.02 Å². The minimum atomic E-state index is -0.0452. The van der Waals surface area contributed by atoms with Crippen molar-refractivity contribution in [2.75, 3.05) is 0 Å². The first-order valence-electron chi connectivity index (χ1n) is 4.08. The largest absolute Gasteiger partial charge is 0.289 e. The normalized spacial score (nSPS) is 10.7. The lowest BCUT2D eigenvalue weighted by molar-refractivity contribution is 0.104. The Morgan fingerprint density at radius 3 is 2.77 bits per heavy atom. The highest BCUT2D eigenvalue weighted by atomic mass is 35.5. The van der Waals surface area contributed by atoms with Gasteiger partial charge in [0.15, 0.2) is 5.78 Å². The fraction of sp³-hybridized carbons (Fsp3) is 0.182. The van der Waals surface area contributed by atoms with Crippen molar-refractivity contribution in [3.63, 3.8) is 0 Å². The molecular weight excluding hydrogens is 184 g/mol. The zero-order valence-electron chi connectivity index (χ0n) is 7.67. The second kappa shape index (κ2) is 4.24. The molecule has 0 aromatic heterocycles. The SMILES string of the molecule is C/C=C/C(=O)c1cc(C)ccc1Cl. The van der Waals surface area contributed by atoms with Crippen LogP contribution in [0.1, 0.15) is 22.8 Å². The number of aryl methyl sites for hydroxylation is 1. The van der Waals surface area contributed by atoms with Gasteiger partial charge in [0.25, 0.3) is 0 Å². The summed E-state index contributed by atoms with van der Waals surface area (Å²) in [5.74, 6) is -0.0452. The number of carbonyl (C=O) groups excluding carboxylic acids is 1. The van der Waals surface area contributed by atoms with E-state index in [4.69, 9.17) is 11.6 Å². The molecule has 1 aromatic rings. The first kappa shape index (κ1) is 10.0. The summed E-state index contributed by atoms with van der Waals surface area (Å²) in [6, 6.07) is 5.42. The zero-order valence-corrected chi connectivity index (χ0v) is 8.43. The molecule has 0 bridgehead atoms. The Bertz CT molecular complexity index is 353. The highest BCUT2D eigenvalue weighted by molar-refractivity contribution is 6.34. The Balaban J connectivity index is 3.13. The first-order valence-corrected chi connectivity index (χ1v) is 4.46. The highest BCUT2D eigenvalue weighted by Gasteiger charge is 2.06. The van der Waals surface area contributed by atoms with Crippen LogP contribution in [0.5, 0.6) is 0 Å². The van der Waals surface area contributed by atoms with Crippen LogP contribution in [-0.2, 0) is 0 Å². The van der Waals surface area contributed by atoms with Gasteiger partial charge in [0, 0.05) is 5.56 Å². The summed E-state index contributed by atoms with van der Waals surface area (Å²) >= 11 is 5.87. The summed E-state index contributed by atoms with van der Waals surface area (Å²) in [7, 11) is 0. The van der Waals surface area contributed by atoms with Crippen molar-refractivity contribution in [1.82, 2.24) is 0 Å². The standard InChI is InChI=1S/C11H11ClO/c1-3-4-11(13)9-7-8(2)5-6-10(9)12/h3-7H,1-2H3/b4-3+.